The highest BCUT2D eigenvalue weighted by Crippen LogP contribution is 2.40. The second kappa shape index (κ2) is 9.70. The maximum atomic E-state index is 13.1. The highest BCUT2D eigenvalue weighted by atomic mass is 32.1. The van der Waals surface area contributed by atoms with Crippen LogP contribution in [0.15, 0.2) is 60.0 Å². The number of methoxy groups -OCH3 is 2. The van der Waals surface area contributed by atoms with Crippen LogP contribution in [0.4, 0.5) is 0 Å². The molecular formula is C25H24O6S. The molecule has 0 bridgehead atoms. The molecule has 0 amide bonds. The van der Waals surface area contributed by atoms with E-state index in [1.165, 1.54) is 34.1 Å². The number of benzene rings is 2. The van der Waals surface area contributed by atoms with Gasteiger partial charge in [-0.1, -0.05) is 24.3 Å². The Balaban J connectivity index is 1.87. The lowest BCUT2D eigenvalue weighted by Crippen LogP contribution is -2.37. The number of hydrogen-bond acceptors (Lipinski definition) is 6. The number of allylic oxidation sites excluding steroid dienone is 1. The molecule has 2 aromatic carbocycles. The minimum absolute atomic E-state index is 0.260. The fourth-order valence-electron chi connectivity index (χ4n) is 3.05. The second-order valence-electron chi connectivity index (χ2n) is 7.39. The number of aliphatic carboxylic acids is 1. The summed E-state index contributed by atoms with van der Waals surface area (Å²) in [5.74, 6) is -0.00499. The quantitative estimate of drug-likeness (QED) is 0.338. The minimum atomic E-state index is -1.34. The van der Waals surface area contributed by atoms with Gasteiger partial charge in [0.25, 0.3) is 0 Å². The van der Waals surface area contributed by atoms with Crippen LogP contribution in [0.1, 0.15) is 29.8 Å². The zero-order valence-electron chi connectivity index (χ0n) is 18.2. The molecular weight excluding hydrogens is 428 g/mol. The van der Waals surface area contributed by atoms with Crippen molar-refractivity contribution >= 4 is 29.2 Å². The first-order valence-electron chi connectivity index (χ1n) is 9.80. The van der Waals surface area contributed by atoms with Crippen LogP contribution in [0.2, 0.25) is 0 Å². The molecule has 0 fully saturated rings. The van der Waals surface area contributed by atoms with E-state index in [4.69, 9.17) is 14.2 Å². The Morgan fingerprint density at radius 2 is 1.72 bits per heavy atom. The third kappa shape index (κ3) is 5.00. The first kappa shape index (κ1) is 23.1. The number of carbonyl (C=O) groups is 2. The summed E-state index contributed by atoms with van der Waals surface area (Å²) in [6.07, 6.45) is 3.13. The molecule has 0 atom stereocenters. The average Bonchev–Trinajstić information content (AvgIpc) is 3.31. The molecule has 1 N–H and O–H groups in total. The third-order valence-electron chi connectivity index (χ3n) is 4.77. The molecule has 3 aromatic rings. The fourth-order valence-corrected chi connectivity index (χ4v) is 3.79. The number of carbonyl (C=O) groups excluding carboxylic acids is 1. The summed E-state index contributed by atoms with van der Waals surface area (Å²) in [7, 11) is 3.04. The lowest BCUT2D eigenvalue weighted by molar-refractivity contribution is -0.152. The Bertz CT molecular complexity index is 1130. The topological polar surface area (TPSA) is 82.1 Å². The van der Waals surface area contributed by atoms with Gasteiger partial charge in [0.2, 0.25) is 0 Å². The van der Waals surface area contributed by atoms with Gasteiger partial charge in [0, 0.05) is 10.4 Å². The Kier molecular flexibility index (Phi) is 7.00. The van der Waals surface area contributed by atoms with E-state index < -0.39 is 11.6 Å². The summed E-state index contributed by atoms with van der Waals surface area (Å²) in [5.41, 5.74) is 0.586. The van der Waals surface area contributed by atoms with Crippen molar-refractivity contribution in [1.82, 2.24) is 0 Å². The Hall–Kier alpha value is -3.58. The van der Waals surface area contributed by atoms with Gasteiger partial charge in [-0.25, -0.2) is 4.79 Å². The molecule has 0 aliphatic rings. The van der Waals surface area contributed by atoms with E-state index in [0.29, 0.717) is 22.8 Å². The van der Waals surface area contributed by atoms with Gasteiger partial charge in [0.05, 0.1) is 14.2 Å². The smallest absolute Gasteiger partial charge is 0.347 e. The molecule has 0 unspecified atom stereocenters. The number of thiophene rings is 1. The average molecular weight is 453 g/mol. The van der Waals surface area contributed by atoms with Gasteiger partial charge in [-0.15, -0.1) is 11.3 Å². The van der Waals surface area contributed by atoms with E-state index >= 15 is 0 Å². The molecule has 166 valence electrons. The molecule has 32 heavy (non-hydrogen) atoms. The molecule has 6 nitrogen and oxygen atoms in total. The Labute approximate surface area is 190 Å². The van der Waals surface area contributed by atoms with Crippen molar-refractivity contribution in [2.45, 2.75) is 19.4 Å². The normalized spacial score (nSPS) is 11.4. The molecule has 0 aliphatic heterocycles. The van der Waals surface area contributed by atoms with Crippen LogP contribution in [-0.2, 0) is 4.79 Å². The summed E-state index contributed by atoms with van der Waals surface area (Å²) in [5, 5.41) is 11.1. The second-order valence-corrected chi connectivity index (χ2v) is 8.33. The molecule has 1 aromatic heterocycles. The maximum Gasteiger partial charge on any atom is 0.347 e. The van der Waals surface area contributed by atoms with Gasteiger partial charge in [0.1, 0.15) is 22.8 Å². The predicted molar refractivity (Wildman–Crippen MR) is 125 cm³/mol. The largest absolute Gasteiger partial charge is 0.496 e. The number of ketones is 1. The molecule has 0 saturated carbocycles. The van der Waals surface area contributed by atoms with Crippen molar-refractivity contribution in [1.29, 1.82) is 0 Å². The van der Waals surface area contributed by atoms with Gasteiger partial charge in [0.15, 0.2) is 11.4 Å². The lowest BCUT2D eigenvalue weighted by Gasteiger charge is -2.21. The zero-order chi connectivity index (χ0) is 23.3. The third-order valence-corrected chi connectivity index (χ3v) is 5.67. The first-order valence-corrected chi connectivity index (χ1v) is 10.7. The standard InChI is InChI=1S/C25H24O6S/c1-25(2,24(27)28)31-17-10-7-16(8-11-17)9-13-19(26)22-20(29-3)14-12-18(23(22)30-4)21-6-5-15-32-21/h5-15H,1-4H3,(H,27,28). The van der Waals surface area contributed by atoms with Crippen molar-refractivity contribution in [3.05, 3.63) is 71.1 Å². The summed E-state index contributed by atoms with van der Waals surface area (Å²) in [4.78, 5) is 25.3. The summed E-state index contributed by atoms with van der Waals surface area (Å²) in [6.45, 7) is 2.96. The van der Waals surface area contributed by atoms with E-state index in [1.807, 2.05) is 23.6 Å². The number of hydrogen-bond donors (Lipinski definition) is 1. The minimum Gasteiger partial charge on any atom is -0.496 e. The highest BCUT2D eigenvalue weighted by Gasteiger charge is 2.29. The summed E-state index contributed by atoms with van der Waals surface area (Å²) < 4.78 is 16.5. The highest BCUT2D eigenvalue weighted by molar-refractivity contribution is 7.13. The Morgan fingerprint density at radius 3 is 2.28 bits per heavy atom. The SMILES string of the molecule is COc1ccc(-c2cccs2)c(OC)c1C(=O)C=Cc1ccc(OC(C)(C)C(=O)O)cc1. The van der Waals surface area contributed by atoms with Gasteiger partial charge in [-0.05, 0) is 61.2 Å². The number of ether oxygens (including phenoxy) is 3. The van der Waals surface area contributed by atoms with Gasteiger partial charge in [-0.3, -0.25) is 4.79 Å². The van der Waals surface area contributed by atoms with E-state index in [0.717, 1.165) is 16.0 Å². The molecule has 3 rings (SSSR count). The van der Waals surface area contributed by atoms with Crippen molar-refractivity contribution in [3.63, 3.8) is 0 Å². The van der Waals surface area contributed by atoms with Crippen LogP contribution in [0.25, 0.3) is 16.5 Å². The van der Waals surface area contributed by atoms with Crippen LogP contribution in [-0.4, -0.2) is 36.7 Å². The summed E-state index contributed by atoms with van der Waals surface area (Å²) >= 11 is 1.56. The van der Waals surface area contributed by atoms with Gasteiger partial charge >= 0.3 is 5.97 Å². The van der Waals surface area contributed by atoms with E-state index in [9.17, 15) is 14.7 Å². The van der Waals surface area contributed by atoms with Crippen molar-refractivity contribution < 1.29 is 28.9 Å². The van der Waals surface area contributed by atoms with Crippen LogP contribution < -0.4 is 14.2 Å². The molecule has 0 saturated heterocycles. The van der Waals surface area contributed by atoms with Crippen LogP contribution in [0.3, 0.4) is 0 Å². The van der Waals surface area contributed by atoms with Crippen LogP contribution >= 0.6 is 11.3 Å². The monoisotopic (exact) mass is 452 g/mol. The Morgan fingerprint density at radius 1 is 1.00 bits per heavy atom. The van der Waals surface area contributed by atoms with Gasteiger partial charge in [-0.2, -0.15) is 0 Å². The molecule has 0 radical (unpaired) electrons. The molecule has 0 aliphatic carbocycles. The number of rotatable bonds is 9. The number of carboxylic acids is 1. The van der Waals surface area contributed by atoms with Crippen molar-refractivity contribution in [2.75, 3.05) is 14.2 Å². The lowest BCUT2D eigenvalue weighted by atomic mass is 10.0. The predicted octanol–water partition coefficient (Wildman–Crippen LogP) is 5.57. The van der Waals surface area contributed by atoms with Crippen molar-refractivity contribution in [2.24, 2.45) is 0 Å². The van der Waals surface area contributed by atoms with Crippen LogP contribution in [0.5, 0.6) is 17.2 Å². The zero-order valence-corrected chi connectivity index (χ0v) is 19.1. The molecule has 0 spiro atoms. The van der Waals surface area contributed by atoms with E-state index in [2.05, 4.69) is 0 Å². The summed E-state index contributed by atoms with van der Waals surface area (Å²) in [6, 6.07) is 14.3. The first-order chi connectivity index (χ1) is 15.3. The van der Waals surface area contributed by atoms with Crippen molar-refractivity contribution in [3.8, 4) is 27.7 Å². The van der Waals surface area contributed by atoms with Gasteiger partial charge < -0.3 is 19.3 Å². The number of carboxylic acid groups (broad SMARTS) is 1. The molecule has 7 heteroatoms. The fraction of sp³-hybridized carbons (Fsp3) is 0.200. The van der Waals surface area contributed by atoms with Crippen LogP contribution in [0, 0.1) is 0 Å². The molecule has 1 heterocycles. The van der Waals surface area contributed by atoms with E-state index in [1.54, 1.807) is 47.7 Å². The van der Waals surface area contributed by atoms with E-state index in [-0.39, 0.29) is 5.78 Å². The maximum absolute atomic E-state index is 13.1.